The van der Waals surface area contributed by atoms with E-state index >= 15 is 0 Å². The zero-order chi connectivity index (χ0) is 24.6. The monoisotopic (exact) mass is 490 g/mol. The number of hydrogen-bond acceptors (Lipinski definition) is 6. The lowest BCUT2D eigenvalue weighted by atomic mass is 10.0. The number of benzene rings is 2. The van der Waals surface area contributed by atoms with Crippen molar-refractivity contribution in [2.24, 2.45) is 13.0 Å². The maximum atomic E-state index is 13.3. The number of rotatable bonds is 6. The molecule has 1 aliphatic rings. The largest absolute Gasteiger partial charge is 0.419 e. The third-order valence-corrected chi connectivity index (χ3v) is 7.51. The van der Waals surface area contributed by atoms with Crippen LogP contribution in [0.25, 0.3) is 11.1 Å². The van der Waals surface area contributed by atoms with E-state index in [1.165, 1.54) is 41.9 Å². The summed E-state index contributed by atoms with van der Waals surface area (Å²) >= 11 is 0. The van der Waals surface area contributed by atoms with Crippen molar-refractivity contribution in [3.63, 3.8) is 0 Å². The smallest absolute Gasteiger partial charge is 0.408 e. The number of piperazine rings is 1. The Balaban J connectivity index is 1.48. The van der Waals surface area contributed by atoms with Crippen LogP contribution in [0.2, 0.25) is 0 Å². The summed E-state index contributed by atoms with van der Waals surface area (Å²) in [5, 5.41) is 0. The molecule has 9 nitrogen and oxygen atoms in total. The molecule has 0 aliphatic carbocycles. The topological polar surface area (TPSA) is 105 Å². The molecule has 1 atom stereocenters. The van der Waals surface area contributed by atoms with Crippen LogP contribution in [-0.4, -0.2) is 56.0 Å². The lowest BCUT2D eigenvalue weighted by Gasteiger charge is -2.38. The molecule has 2 aromatic carbocycles. The van der Waals surface area contributed by atoms with Gasteiger partial charge in [0.1, 0.15) is 11.9 Å². The third-order valence-electron chi connectivity index (χ3n) is 6.07. The summed E-state index contributed by atoms with van der Waals surface area (Å²) in [6.07, 6.45) is 0. The van der Waals surface area contributed by atoms with Crippen LogP contribution in [0.1, 0.15) is 13.8 Å². The van der Waals surface area contributed by atoms with E-state index < -0.39 is 21.8 Å². The molecule has 0 spiro atoms. The van der Waals surface area contributed by atoms with Crippen molar-refractivity contribution in [2.45, 2.75) is 24.8 Å². The molecule has 3 aromatic rings. The van der Waals surface area contributed by atoms with Crippen LogP contribution in [0.3, 0.4) is 0 Å². The Morgan fingerprint density at radius 2 is 1.71 bits per heavy atom. The molecular weight excluding hydrogens is 463 g/mol. The predicted octanol–water partition coefficient (Wildman–Crippen LogP) is 1.92. The third kappa shape index (κ3) is 4.71. The quantitative estimate of drug-likeness (QED) is 0.566. The van der Waals surface area contributed by atoms with Gasteiger partial charge in [-0.1, -0.05) is 13.8 Å². The van der Waals surface area contributed by atoms with Crippen molar-refractivity contribution in [2.75, 3.05) is 31.1 Å². The number of aromatic nitrogens is 1. The van der Waals surface area contributed by atoms with E-state index in [1.807, 2.05) is 0 Å². The summed E-state index contributed by atoms with van der Waals surface area (Å²) in [4.78, 5) is 28.6. The first-order valence-electron chi connectivity index (χ1n) is 11.0. The van der Waals surface area contributed by atoms with Crippen molar-refractivity contribution in [1.29, 1.82) is 0 Å². The molecule has 4 rings (SSSR count). The molecule has 1 aliphatic heterocycles. The fourth-order valence-corrected chi connectivity index (χ4v) is 5.37. The number of amides is 1. The van der Waals surface area contributed by atoms with Crippen LogP contribution in [0.4, 0.5) is 10.1 Å². The van der Waals surface area contributed by atoms with Crippen LogP contribution < -0.4 is 15.4 Å². The molecule has 182 valence electrons. The van der Waals surface area contributed by atoms with Gasteiger partial charge in [0.25, 0.3) is 0 Å². The van der Waals surface area contributed by atoms with E-state index in [1.54, 1.807) is 30.9 Å². The maximum absolute atomic E-state index is 13.3. The summed E-state index contributed by atoms with van der Waals surface area (Å²) in [6.45, 7) is 5.50. The lowest BCUT2D eigenvalue weighted by molar-refractivity contribution is -0.134. The van der Waals surface area contributed by atoms with Gasteiger partial charge >= 0.3 is 5.76 Å². The Kier molecular flexibility index (Phi) is 6.50. The van der Waals surface area contributed by atoms with Gasteiger partial charge in [0.15, 0.2) is 5.58 Å². The molecule has 1 fully saturated rings. The zero-order valence-corrected chi connectivity index (χ0v) is 20.0. The van der Waals surface area contributed by atoms with Crippen molar-refractivity contribution in [3.8, 4) is 0 Å². The Morgan fingerprint density at radius 1 is 1.06 bits per heavy atom. The van der Waals surface area contributed by atoms with E-state index in [9.17, 15) is 22.4 Å². The predicted molar refractivity (Wildman–Crippen MR) is 126 cm³/mol. The fourth-order valence-electron chi connectivity index (χ4n) is 4.02. The van der Waals surface area contributed by atoms with Gasteiger partial charge in [-0.2, -0.15) is 4.72 Å². The molecule has 0 saturated carbocycles. The summed E-state index contributed by atoms with van der Waals surface area (Å²) in [5.41, 5.74) is 1.50. The minimum atomic E-state index is -4.06. The highest BCUT2D eigenvalue weighted by Gasteiger charge is 2.33. The SMILES string of the molecule is CC(C)[C@H](NS(=O)(=O)c1ccc2c(c1)oc(=O)n2C)C(=O)N1CCN(c2ccc(F)cc2)CC1. The van der Waals surface area contributed by atoms with Crippen LogP contribution in [-0.2, 0) is 21.9 Å². The number of nitrogens with one attached hydrogen (secondary N) is 1. The Bertz CT molecular complexity index is 1360. The average Bonchev–Trinajstić information content (AvgIpc) is 3.10. The molecular formula is C23H27FN4O5S. The first-order valence-corrected chi connectivity index (χ1v) is 12.5. The first-order chi connectivity index (χ1) is 16.1. The molecule has 1 aromatic heterocycles. The molecule has 11 heteroatoms. The van der Waals surface area contributed by atoms with Crippen molar-refractivity contribution >= 4 is 32.7 Å². The molecule has 0 unspecified atom stereocenters. The fraction of sp³-hybridized carbons (Fsp3) is 0.391. The van der Waals surface area contributed by atoms with Crippen LogP contribution in [0.15, 0.2) is 56.6 Å². The number of aryl methyl sites for hydroxylation is 1. The Labute approximate surface area is 196 Å². The number of anilines is 1. The molecule has 1 amide bonds. The van der Waals surface area contributed by atoms with Gasteiger partial charge in [-0.15, -0.1) is 0 Å². The van der Waals surface area contributed by atoms with E-state index in [0.717, 1.165) is 5.69 Å². The van der Waals surface area contributed by atoms with E-state index in [0.29, 0.717) is 31.7 Å². The van der Waals surface area contributed by atoms with Gasteiger partial charge in [0.2, 0.25) is 15.9 Å². The number of carbonyl (C=O) groups is 1. The van der Waals surface area contributed by atoms with Gasteiger partial charge in [0, 0.05) is 45.0 Å². The maximum Gasteiger partial charge on any atom is 0.419 e. The Morgan fingerprint density at radius 3 is 2.32 bits per heavy atom. The summed E-state index contributed by atoms with van der Waals surface area (Å²) in [7, 11) is -2.52. The van der Waals surface area contributed by atoms with Crippen LogP contribution in [0, 0.1) is 11.7 Å². The lowest BCUT2D eigenvalue weighted by Crippen LogP contribution is -2.56. The van der Waals surface area contributed by atoms with E-state index in [4.69, 9.17) is 4.42 Å². The Hall–Kier alpha value is -3.18. The van der Waals surface area contributed by atoms with E-state index in [-0.39, 0.29) is 28.1 Å². The number of fused-ring (bicyclic) bond motifs is 1. The van der Waals surface area contributed by atoms with Crippen molar-refractivity contribution in [1.82, 2.24) is 14.2 Å². The second kappa shape index (κ2) is 9.22. The molecule has 0 bridgehead atoms. The highest BCUT2D eigenvalue weighted by atomic mass is 32.2. The first kappa shape index (κ1) is 24.0. The van der Waals surface area contributed by atoms with Gasteiger partial charge < -0.3 is 14.2 Å². The molecule has 1 saturated heterocycles. The number of oxazole rings is 1. The number of hydrogen-bond donors (Lipinski definition) is 1. The molecule has 1 N–H and O–H groups in total. The summed E-state index contributed by atoms with van der Waals surface area (Å²) in [6, 6.07) is 9.39. The standard InChI is InChI=1S/C23H27FN4O5S/c1-15(2)21(22(29)28-12-10-27(11-13-28)17-6-4-16(24)5-7-17)25-34(31,32)18-8-9-19-20(14-18)33-23(30)26(19)3/h4-9,14-15,21,25H,10-13H2,1-3H3/t21-/m0/s1. The highest BCUT2D eigenvalue weighted by molar-refractivity contribution is 7.89. The van der Waals surface area contributed by atoms with Crippen LogP contribution >= 0.6 is 0 Å². The minimum Gasteiger partial charge on any atom is -0.408 e. The summed E-state index contributed by atoms with van der Waals surface area (Å²) in [5.74, 6) is -1.49. The van der Waals surface area contributed by atoms with Crippen molar-refractivity contribution < 1.29 is 22.0 Å². The summed E-state index contributed by atoms with van der Waals surface area (Å²) < 4.78 is 48.3. The van der Waals surface area contributed by atoms with Crippen molar-refractivity contribution in [3.05, 3.63) is 58.8 Å². The number of nitrogens with zero attached hydrogens (tertiary/aromatic N) is 3. The normalized spacial score (nSPS) is 15.8. The number of carbonyl (C=O) groups excluding carboxylic acids is 1. The second-order valence-electron chi connectivity index (χ2n) is 8.69. The second-order valence-corrected chi connectivity index (χ2v) is 10.4. The number of halogens is 1. The molecule has 34 heavy (non-hydrogen) atoms. The minimum absolute atomic E-state index is 0.0890. The number of sulfonamides is 1. The van der Waals surface area contributed by atoms with Gasteiger partial charge in [0.05, 0.1) is 10.4 Å². The van der Waals surface area contributed by atoms with Gasteiger partial charge in [-0.3, -0.25) is 9.36 Å². The van der Waals surface area contributed by atoms with Gasteiger partial charge in [-0.25, -0.2) is 17.6 Å². The average molecular weight is 491 g/mol. The van der Waals surface area contributed by atoms with Gasteiger partial charge in [-0.05, 0) is 42.3 Å². The molecule has 0 radical (unpaired) electrons. The highest BCUT2D eigenvalue weighted by Crippen LogP contribution is 2.21. The molecule has 2 heterocycles. The zero-order valence-electron chi connectivity index (χ0n) is 19.2. The van der Waals surface area contributed by atoms with E-state index in [2.05, 4.69) is 9.62 Å². The van der Waals surface area contributed by atoms with Crippen LogP contribution in [0.5, 0.6) is 0 Å².